The van der Waals surface area contributed by atoms with E-state index in [2.05, 4.69) is 39.5 Å². The van der Waals surface area contributed by atoms with Crippen molar-refractivity contribution in [2.45, 2.75) is 38.7 Å². The summed E-state index contributed by atoms with van der Waals surface area (Å²) in [6.45, 7) is 4.89. The van der Waals surface area contributed by atoms with Crippen LogP contribution in [0.3, 0.4) is 0 Å². The van der Waals surface area contributed by atoms with Gasteiger partial charge in [0.2, 0.25) is 0 Å². The largest absolute Gasteiger partial charge is 0.367 e. The van der Waals surface area contributed by atoms with Crippen molar-refractivity contribution >= 4 is 34.2 Å². The topological polar surface area (TPSA) is 35.0 Å². The van der Waals surface area contributed by atoms with Gasteiger partial charge in [-0.05, 0) is 48.8 Å². The number of aryl methyl sites for hydroxylation is 1. The molecule has 2 rings (SSSR count). The van der Waals surface area contributed by atoms with Crippen molar-refractivity contribution in [2.75, 3.05) is 6.61 Å². The zero-order chi connectivity index (χ0) is 11.8. The number of ether oxygens (including phenoxy) is 1. The van der Waals surface area contributed by atoms with Gasteiger partial charge in [0.25, 0.3) is 0 Å². The van der Waals surface area contributed by atoms with Gasteiger partial charge in [-0.15, -0.1) is 0 Å². The van der Waals surface area contributed by atoms with Gasteiger partial charge < -0.3 is 4.74 Å². The second kappa shape index (κ2) is 4.74. The second-order valence-corrected chi connectivity index (χ2v) is 5.57. The Balaban J connectivity index is 2.45. The van der Waals surface area contributed by atoms with Crippen molar-refractivity contribution in [3.05, 3.63) is 20.2 Å². The highest BCUT2D eigenvalue weighted by molar-refractivity contribution is 14.1. The first-order valence-electron chi connectivity index (χ1n) is 5.43. The van der Waals surface area contributed by atoms with Gasteiger partial charge in [-0.1, -0.05) is 18.5 Å². The van der Waals surface area contributed by atoms with Crippen LogP contribution in [0.15, 0.2) is 0 Å². The summed E-state index contributed by atoms with van der Waals surface area (Å²) in [4.78, 5) is 8.93. The van der Waals surface area contributed by atoms with Crippen LogP contribution in [0.2, 0.25) is 5.15 Å². The molecule has 1 atom stereocenters. The number of halogens is 2. The quantitative estimate of drug-likeness (QED) is 0.605. The van der Waals surface area contributed by atoms with Gasteiger partial charge in [0, 0.05) is 6.61 Å². The fraction of sp³-hybridized carbons (Fsp3) is 0.636. The van der Waals surface area contributed by atoms with Gasteiger partial charge in [-0.3, -0.25) is 0 Å². The van der Waals surface area contributed by atoms with Gasteiger partial charge in [0.05, 0.1) is 9.26 Å². The Hall–Kier alpha value is 0.0600. The van der Waals surface area contributed by atoms with Crippen LogP contribution >= 0.6 is 34.2 Å². The van der Waals surface area contributed by atoms with Crippen LogP contribution in [0.1, 0.15) is 38.2 Å². The monoisotopic (exact) mass is 352 g/mol. The Kier molecular flexibility index (Phi) is 3.71. The highest BCUT2D eigenvalue weighted by atomic mass is 127. The normalized spacial score (nSPS) is 25.0. The summed E-state index contributed by atoms with van der Waals surface area (Å²) < 4.78 is 6.69. The Morgan fingerprint density at radius 1 is 1.50 bits per heavy atom. The zero-order valence-electron chi connectivity index (χ0n) is 9.39. The fourth-order valence-corrected chi connectivity index (χ4v) is 2.70. The van der Waals surface area contributed by atoms with E-state index in [1.54, 1.807) is 0 Å². The van der Waals surface area contributed by atoms with Crippen molar-refractivity contribution in [3.8, 4) is 0 Å². The van der Waals surface area contributed by atoms with Crippen LogP contribution in [0.5, 0.6) is 0 Å². The standard InChI is InChI=1S/C11H14ClIN2O/c1-3-7-8(13)9(12)15-10(14-7)11(2)5-4-6-16-11/h3-6H2,1-2H3. The molecule has 1 aromatic heterocycles. The van der Waals surface area contributed by atoms with Gasteiger partial charge in [-0.2, -0.15) is 0 Å². The summed E-state index contributed by atoms with van der Waals surface area (Å²) in [6.07, 6.45) is 2.89. The van der Waals surface area contributed by atoms with Gasteiger partial charge in [0.1, 0.15) is 10.8 Å². The van der Waals surface area contributed by atoms with E-state index in [-0.39, 0.29) is 5.60 Å². The van der Waals surface area contributed by atoms with Crippen LogP contribution in [0, 0.1) is 3.57 Å². The molecule has 2 heterocycles. The average molecular weight is 353 g/mol. The Morgan fingerprint density at radius 3 is 2.81 bits per heavy atom. The third kappa shape index (κ3) is 2.19. The molecule has 0 aromatic carbocycles. The third-order valence-corrected chi connectivity index (χ3v) is 4.63. The molecule has 5 heteroatoms. The number of aromatic nitrogens is 2. The molecular weight excluding hydrogens is 338 g/mol. The molecule has 1 saturated heterocycles. The maximum absolute atomic E-state index is 6.12. The first-order valence-corrected chi connectivity index (χ1v) is 6.89. The van der Waals surface area contributed by atoms with Crippen LogP contribution in [-0.4, -0.2) is 16.6 Å². The minimum absolute atomic E-state index is 0.349. The molecule has 1 unspecified atom stereocenters. The van der Waals surface area contributed by atoms with Gasteiger partial charge >= 0.3 is 0 Å². The lowest BCUT2D eigenvalue weighted by Gasteiger charge is -2.22. The molecule has 0 radical (unpaired) electrons. The van der Waals surface area contributed by atoms with E-state index in [0.29, 0.717) is 5.15 Å². The molecule has 1 aliphatic rings. The van der Waals surface area contributed by atoms with Crippen molar-refractivity contribution < 1.29 is 4.74 Å². The molecule has 1 aromatic rings. The zero-order valence-corrected chi connectivity index (χ0v) is 12.3. The maximum Gasteiger partial charge on any atom is 0.161 e. The predicted molar refractivity (Wildman–Crippen MR) is 71.7 cm³/mol. The lowest BCUT2D eigenvalue weighted by Crippen LogP contribution is -2.24. The molecule has 16 heavy (non-hydrogen) atoms. The first kappa shape index (κ1) is 12.5. The minimum Gasteiger partial charge on any atom is -0.367 e. The van der Waals surface area contributed by atoms with E-state index < -0.39 is 0 Å². The molecule has 0 saturated carbocycles. The molecule has 3 nitrogen and oxygen atoms in total. The van der Waals surface area contributed by atoms with Crippen molar-refractivity contribution in [3.63, 3.8) is 0 Å². The molecular formula is C11H14ClIN2O. The summed E-state index contributed by atoms with van der Waals surface area (Å²) in [6, 6.07) is 0. The van der Waals surface area contributed by atoms with Crippen LogP contribution in [0.25, 0.3) is 0 Å². The summed E-state index contributed by atoms with van der Waals surface area (Å²) >= 11 is 8.32. The van der Waals surface area contributed by atoms with E-state index >= 15 is 0 Å². The summed E-state index contributed by atoms with van der Waals surface area (Å²) in [7, 11) is 0. The maximum atomic E-state index is 6.12. The van der Waals surface area contributed by atoms with Crippen LogP contribution in [-0.2, 0) is 16.8 Å². The fourth-order valence-electron chi connectivity index (χ4n) is 1.89. The molecule has 0 amide bonds. The summed E-state index contributed by atoms with van der Waals surface area (Å²) in [5, 5.41) is 0.541. The number of hydrogen-bond donors (Lipinski definition) is 0. The summed E-state index contributed by atoms with van der Waals surface area (Å²) in [5.41, 5.74) is 0.657. The smallest absolute Gasteiger partial charge is 0.161 e. The van der Waals surface area contributed by atoms with E-state index in [0.717, 1.165) is 41.0 Å². The molecule has 0 bridgehead atoms. The Labute approximate surface area is 114 Å². The number of rotatable bonds is 2. The SMILES string of the molecule is CCc1nc(C2(C)CCCO2)nc(Cl)c1I. The number of nitrogens with zero attached hydrogens (tertiary/aromatic N) is 2. The number of hydrogen-bond acceptors (Lipinski definition) is 3. The van der Waals surface area contributed by atoms with E-state index in [1.165, 1.54) is 0 Å². The van der Waals surface area contributed by atoms with Crippen molar-refractivity contribution in [1.29, 1.82) is 0 Å². The second-order valence-electron chi connectivity index (χ2n) is 4.14. The van der Waals surface area contributed by atoms with Crippen molar-refractivity contribution in [2.24, 2.45) is 0 Å². The Morgan fingerprint density at radius 2 is 2.25 bits per heavy atom. The third-order valence-electron chi connectivity index (χ3n) is 2.91. The molecule has 1 fully saturated rings. The van der Waals surface area contributed by atoms with E-state index in [4.69, 9.17) is 16.3 Å². The van der Waals surface area contributed by atoms with E-state index in [1.807, 2.05) is 6.92 Å². The lowest BCUT2D eigenvalue weighted by atomic mass is 10.0. The first-order chi connectivity index (χ1) is 7.57. The molecule has 0 N–H and O–H groups in total. The molecule has 1 aliphatic heterocycles. The van der Waals surface area contributed by atoms with Gasteiger partial charge in [0.15, 0.2) is 5.82 Å². The molecule has 0 spiro atoms. The van der Waals surface area contributed by atoms with Crippen molar-refractivity contribution in [1.82, 2.24) is 9.97 Å². The minimum atomic E-state index is -0.349. The summed E-state index contributed by atoms with van der Waals surface area (Å²) in [5.74, 6) is 0.729. The highest BCUT2D eigenvalue weighted by Crippen LogP contribution is 2.35. The highest BCUT2D eigenvalue weighted by Gasteiger charge is 2.35. The average Bonchev–Trinajstić information content (AvgIpc) is 2.70. The van der Waals surface area contributed by atoms with Crippen LogP contribution < -0.4 is 0 Å². The predicted octanol–water partition coefficient (Wildman–Crippen LogP) is 3.32. The Bertz CT molecular complexity index is 405. The van der Waals surface area contributed by atoms with Crippen LogP contribution in [0.4, 0.5) is 0 Å². The molecule has 88 valence electrons. The molecule has 0 aliphatic carbocycles. The van der Waals surface area contributed by atoms with E-state index in [9.17, 15) is 0 Å². The van der Waals surface area contributed by atoms with Gasteiger partial charge in [-0.25, -0.2) is 9.97 Å². The lowest BCUT2D eigenvalue weighted by molar-refractivity contribution is 0.00913.